The second kappa shape index (κ2) is 6.74. The van der Waals surface area contributed by atoms with Crippen molar-refractivity contribution in [2.75, 3.05) is 7.11 Å². The number of carbonyl (C=O) groups excluding carboxylic acids is 1. The van der Waals surface area contributed by atoms with Crippen molar-refractivity contribution in [3.05, 3.63) is 59.0 Å². The van der Waals surface area contributed by atoms with Crippen molar-refractivity contribution < 1.29 is 14.6 Å². The smallest absolute Gasteiger partial charge is 0.348 e. The largest absolute Gasteiger partial charge is 0.465 e. The van der Waals surface area contributed by atoms with Gasteiger partial charge in [0.15, 0.2) is 0 Å². The molecule has 0 spiro atoms. The molecule has 0 bridgehead atoms. The molecule has 0 saturated carbocycles. The van der Waals surface area contributed by atoms with E-state index in [4.69, 9.17) is 4.74 Å². The molecule has 0 aliphatic rings. The molecule has 0 fully saturated rings. The van der Waals surface area contributed by atoms with Crippen LogP contribution in [-0.2, 0) is 4.74 Å². The van der Waals surface area contributed by atoms with E-state index in [2.05, 4.69) is 0 Å². The maximum Gasteiger partial charge on any atom is 0.348 e. The molecule has 0 aliphatic carbocycles. The molecule has 1 atom stereocenters. The van der Waals surface area contributed by atoms with E-state index in [-0.39, 0.29) is 5.97 Å². The fourth-order valence-corrected chi connectivity index (χ4v) is 4.29. The third kappa shape index (κ3) is 3.42. The number of aliphatic hydroxyl groups excluding tert-OH is 1. The van der Waals surface area contributed by atoms with E-state index in [1.54, 1.807) is 18.7 Å². The summed E-state index contributed by atoms with van der Waals surface area (Å²) >= 11 is 3.08. The van der Waals surface area contributed by atoms with E-state index in [0.717, 1.165) is 25.4 Å². The van der Waals surface area contributed by atoms with Gasteiger partial charge in [0.2, 0.25) is 0 Å². The van der Waals surface area contributed by atoms with Gasteiger partial charge in [-0.1, -0.05) is 30.0 Å². The zero-order valence-corrected chi connectivity index (χ0v) is 14.4. The molecule has 1 heterocycles. The Hall–Kier alpha value is -1.82. The summed E-state index contributed by atoms with van der Waals surface area (Å²) in [6.07, 6.45) is -0.461. The Bertz CT molecular complexity index is 835. The molecule has 3 nitrogen and oxygen atoms in total. The van der Waals surface area contributed by atoms with Crippen LogP contribution in [0.4, 0.5) is 0 Å². The Morgan fingerprint density at radius 2 is 1.96 bits per heavy atom. The van der Waals surface area contributed by atoms with Gasteiger partial charge in [-0.3, -0.25) is 0 Å². The van der Waals surface area contributed by atoms with Gasteiger partial charge in [-0.15, -0.1) is 11.3 Å². The summed E-state index contributed by atoms with van der Waals surface area (Å²) in [5, 5.41) is 10.6. The molecule has 0 amide bonds. The Kier molecular flexibility index (Phi) is 4.71. The van der Waals surface area contributed by atoms with E-state index in [1.165, 1.54) is 18.4 Å². The highest BCUT2D eigenvalue weighted by molar-refractivity contribution is 7.99. The van der Waals surface area contributed by atoms with E-state index in [9.17, 15) is 9.90 Å². The van der Waals surface area contributed by atoms with Crippen LogP contribution in [0.15, 0.2) is 58.3 Å². The van der Waals surface area contributed by atoms with Crippen molar-refractivity contribution in [3.63, 3.8) is 0 Å². The summed E-state index contributed by atoms with van der Waals surface area (Å²) in [5.74, 6) is -0.302. The molecule has 1 N–H and O–H groups in total. The molecule has 1 aromatic heterocycles. The first-order valence-corrected chi connectivity index (χ1v) is 8.78. The lowest BCUT2D eigenvalue weighted by Crippen LogP contribution is -1.96. The lowest BCUT2D eigenvalue weighted by atomic mass is 10.1. The van der Waals surface area contributed by atoms with Crippen molar-refractivity contribution in [2.24, 2.45) is 0 Å². The van der Waals surface area contributed by atoms with Gasteiger partial charge in [-0.25, -0.2) is 4.79 Å². The van der Waals surface area contributed by atoms with Gasteiger partial charge in [-0.05, 0) is 42.8 Å². The molecule has 3 rings (SSSR count). The third-order valence-electron chi connectivity index (χ3n) is 3.50. The summed E-state index contributed by atoms with van der Waals surface area (Å²) < 4.78 is 5.87. The average molecular weight is 344 g/mol. The lowest BCUT2D eigenvalue weighted by Gasteiger charge is -2.07. The van der Waals surface area contributed by atoms with Crippen LogP contribution in [0.5, 0.6) is 0 Å². The predicted octanol–water partition coefficient (Wildman–Crippen LogP) is 4.89. The van der Waals surface area contributed by atoms with Gasteiger partial charge < -0.3 is 9.84 Å². The SMILES string of the molecule is COC(=O)c1cc2c(Sc3ccc(C(C)O)cc3)cccc2s1. The molecule has 3 aromatic rings. The number of fused-ring (bicyclic) bond motifs is 1. The topological polar surface area (TPSA) is 46.5 Å². The minimum atomic E-state index is -0.461. The highest BCUT2D eigenvalue weighted by Gasteiger charge is 2.13. The van der Waals surface area contributed by atoms with E-state index < -0.39 is 6.10 Å². The van der Waals surface area contributed by atoms with Crippen LogP contribution < -0.4 is 0 Å². The summed E-state index contributed by atoms with van der Waals surface area (Å²) in [6.45, 7) is 1.75. The number of ether oxygens (including phenoxy) is 1. The minimum Gasteiger partial charge on any atom is -0.465 e. The van der Waals surface area contributed by atoms with Gasteiger partial charge in [0.05, 0.1) is 13.2 Å². The van der Waals surface area contributed by atoms with Crippen molar-refractivity contribution in [1.82, 2.24) is 0 Å². The Labute approximate surface area is 142 Å². The summed E-state index contributed by atoms with van der Waals surface area (Å²) in [4.78, 5) is 14.5. The first kappa shape index (κ1) is 16.1. The number of hydrogen-bond acceptors (Lipinski definition) is 5. The normalized spacial score (nSPS) is 12.3. The first-order chi connectivity index (χ1) is 11.1. The second-order valence-corrected chi connectivity index (χ2v) is 7.32. The van der Waals surface area contributed by atoms with Crippen LogP contribution in [0.1, 0.15) is 28.3 Å². The highest BCUT2D eigenvalue weighted by Crippen LogP contribution is 2.37. The number of benzene rings is 2. The Morgan fingerprint density at radius 3 is 2.61 bits per heavy atom. The van der Waals surface area contributed by atoms with Crippen LogP contribution in [0, 0.1) is 0 Å². The predicted molar refractivity (Wildman–Crippen MR) is 94.4 cm³/mol. The molecule has 118 valence electrons. The summed E-state index contributed by atoms with van der Waals surface area (Å²) in [6, 6.07) is 15.8. The van der Waals surface area contributed by atoms with E-state index in [0.29, 0.717) is 4.88 Å². The molecule has 0 radical (unpaired) electrons. The number of thiophene rings is 1. The average Bonchev–Trinajstić information content (AvgIpc) is 3.00. The van der Waals surface area contributed by atoms with Gasteiger partial charge >= 0.3 is 5.97 Å². The Morgan fingerprint density at radius 1 is 1.22 bits per heavy atom. The van der Waals surface area contributed by atoms with Crippen LogP contribution in [0.2, 0.25) is 0 Å². The van der Waals surface area contributed by atoms with Gasteiger partial charge in [0.1, 0.15) is 4.88 Å². The maximum absolute atomic E-state index is 11.7. The van der Waals surface area contributed by atoms with Gasteiger partial charge in [-0.2, -0.15) is 0 Å². The maximum atomic E-state index is 11.7. The number of esters is 1. The van der Waals surface area contributed by atoms with Gasteiger partial charge in [0.25, 0.3) is 0 Å². The standard InChI is InChI=1S/C18H16O3S2/c1-11(19)12-6-8-13(9-7-12)22-15-4-3-5-16-14(15)10-17(23-16)18(20)21-2/h3-11,19H,1-2H3. The fraction of sp³-hybridized carbons (Fsp3) is 0.167. The molecule has 5 heteroatoms. The van der Waals surface area contributed by atoms with Crippen LogP contribution >= 0.6 is 23.1 Å². The van der Waals surface area contributed by atoms with Crippen LogP contribution in [-0.4, -0.2) is 18.2 Å². The molecule has 0 saturated heterocycles. The van der Waals surface area contributed by atoms with E-state index in [1.807, 2.05) is 48.5 Å². The first-order valence-electron chi connectivity index (χ1n) is 7.15. The number of hydrogen-bond donors (Lipinski definition) is 1. The molecule has 2 aromatic carbocycles. The van der Waals surface area contributed by atoms with Gasteiger partial charge in [0, 0.05) is 19.9 Å². The fourth-order valence-electron chi connectivity index (χ4n) is 2.27. The number of rotatable bonds is 4. The monoisotopic (exact) mass is 344 g/mol. The van der Waals surface area contributed by atoms with E-state index >= 15 is 0 Å². The highest BCUT2D eigenvalue weighted by atomic mass is 32.2. The molecular formula is C18H16O3S2. The number of carbonyl (C=O) groups is 1. The minimum absolute atomic E-state index is 0.302. The zero-order valence-electron chi connectivity index (χ0n) is 12.8. The second-order valence-electron chi connectivity index (χ2n) is 5.12. The van der Waals surface area contributed by atoms with Crippen LogP contribution in [0.25, 0.3) is 10.1 Å². The molecule has 0 aliphatic heterocycles. The summed E-state index contributed by atoms with van der Waals surface area (Å²) in [7, 11) is 1.39. The quantitative estimate of drug-likeness (QED) is 0.684. The lowest BCUT2D eigenvalue weighted by molar-refractivity contribution is 0.0606. The van der Waals surface area contributed by atoms with Crippen molar-refractivity contribution in [3.8, 4) is 0 Å². The third-order valence-corrected chi connectivity index (χ3v) is 5.66. The zero-order chi connectivity index (χ0) is 16.4. The summed E-state index contributed by atoms with van der Waals surface area (Å²) in [5.41, 5.74) is 0.899. The van der Waals surface area contributed by atoms with Crippen LogP contribution in [0.3, 0.4) is 0 Å². The number of methoxy groups -OCH3 is 1. The molecular weight excluding hydrogens is 328 g/mol. The molecule has 1 unspecified atom stereocenters. The van der Waals surface area contributed by atoms with Crippen molar-refractivity contribution >= 4 is 39.2 Å². The number of aliphatic hydroxyl groups is 1. The van der Waals surface area contributed by atoms with Crippen molar-refractivity contribution in [1.29, 1.82) is 0 Å². The molecule has 23 heavy (non-hydrogen) atoms. The Balaban J connectivity index is 1.93. The van der Waals surface area contributed by atoms with Crippen molar-refractivity contribution in [2.45, 2.75) is 22.8 Å².